The van der Waals surface area contributed by atoms with Gasteiger partial charge in [0.2, 0.25) is 0 Å². The summed E-state index contributed by atoms with van der Waals surface area (Å²) in [5.74, 6) is -0.771. The van der Waals surface area contributed by atoms with Gasteiger partial charge in [-0.15, -0.1) is 0 Å². The largest absolute Gasteiger partial charge is 0.482 e. The molecule has 3 N–H and O–H groups in total. The molecule has 1 heterocycles. The number of nitrogen functional groups attached to an aromatic ring is 1. The zero-order valence-electron chi connectivity index (χ0n) is 10.9. The van der Waals surface area contributed by atoms with Crippen LogP contribution in [0.15, 0.2) is 36.4 Å². The topological polar surface area (TPSA) is 81.4 Å². The van der Waals surface area contributed by atoms with Crippen LogP contribution in [0.1, 0.15) is 15.9 Å². The van der Waals surface area contributed by atoms with E-state index in [-0.39, 0.29) is 29.3 Å². The molecular formula is C15H11FN2O3. The van der Waals surface area contributed by atoms with Gasteiger partial charge in [0.15, 0.2) is 12.4 Å². The first-order valence-corrected chi connectivity index (χ1v) is 6.21. The van der Waals surface area contributed by atoms with E-state index in [4.69, 9.17) is 10.5 Å². The molecule has 5 nitrogen and oxygen atoms in total. The number of anilines is 2. The SMILES string of the molecule is Nc1ccc(F)cc1C(=O)c1ccc2c(c1)NC(=O)CO2. The maximum absolute atomic E-state index is 13.3. The maximum Gasteiger partial charge on any atom is 0.262 e. The van der Waals surface area contributed by atoms with Crippen LogP contribution in [0.4, 0.5) is 15.8 Å². The average molecular weight is 286 g/mol. The molecule has 0 radical (unpaired) electrons. The third-order valence-electron chi connectivity index (χ3n) is 3.13. The Bertz CT molecular complexity index is 759. The minimum absolute atomic E-state index is 0.0584. The molecule has 0 aromatic heterocycles. The van der Waals surface area contributed by atoms with E-state index in [1.54, 1.807) is 12.1 Å². The Morgan fingerprint density at radius 2 is 2.05 bits per heavy atom. The number of ketones is 1. The van der Waals surface area contributed by atoms with Crippen molar-refractivity contribution in [2.75, 3.05) is 17.7 Å². The van der Waals surface area contributed by atoms with Gasteiger partial charge in [-0.05, 0) is 36.4 Å². The minimum Gasteiger partial charge on any atom is -0.482 e. The molecule has 2 aromatic rings. The molecule has 21 heavy (non-hydrogen) atoms. The summed E-state index contributed by atoms with van der Waals surface area (Å²) >= 11 is 0. The summed E-state index contributed by atoms with van der Waals surface area (Å²) in [5, 5.41) is 2.61. The van der Waals surface area contributed by atoms with Crippen molar-refractivity contribution >= 4 is 23.1 Å². The summed E-state index contributed by atoms with van der Waals surface area (Å²) in [5.41, 5.74) is 6.68. The number of benzene rings is 2. The van der Waals surface area contributed by atoms with Gasteiger partial charge in [0.25, 0.3) is 5.91 Å². The molecule has 0 unspecified atom stereocenters. The highest BCUT2D eigenvalue weighted by molar-refractivity contribution is 6.13. The van der Waals surface area contributed by atoms with E-state index in [1.165, 1.54) is 18.2 Å². The fourth-order valence-corrected chi connectivity index (χ4v) is 2.11. The van der Waals surface area contributed by atoms with Crippen molar-refractivity contribution in [3.63, 3.8) is 0 Å². The summed E-state index contributed by atoms with van der Waals surface area (Å²) in [6.07, 6.45) is 0. The number of nitrogens with one attached hydrogen (secondary N) is 1. The van der Waals surface area contributed by atoms with E-state index in [0.717, 1.165) is 6.07 Å². The van der Waals surface area contributed by atoms with Crippen LogP contribution in [0.25, 0.3) is 0 Å². The summed E-state index contributed by atoms with van der Waals surface area (Å²) in [6.45, 7) is -0.0584. The van der Waals surface area contributed by atoms with Crippen LogP contribution in [0.5, 0.6) is 5.75 Å². The Labute approximate surface area is 119 Å². The minimum atomic E-state index is -0.540. The Kier molecular flexibility index (Phi) is 3.06. The molecular weight excluding hydrogens is 275 g/mol. The lowest BCUT2D eigenvalue weighted by Gasteiger charge is -2.18. The number of rotatable bonds is 2. The zero-order chi connectivity index (χ0) is 15.0. The third kappa shape index (κ3) is 2.43. The van der Waals surface area contributed by atoms with E-state index in [0.29, 0.717) is 11.4 Å². The Morgan fingerprint density at radius 1 is 1.24 bits per heavy atom. The first kappa shape index (κ1) is 13.1. The van der Waals surface area contributed by atoms with Gasteiger partial charge in [-0.3, -0.25) is 9.59 Å². The Hall–Kier alpha value is -2.89. The van der Waals surface area contributed by atoms with Crippen LogP contribution in [0.3, 0.4) is 0 Å². The van der Waals surface area contributed by atoms with Crippen molar-refractivity contribution in [1.82, 2.24) is 0 Å². The van der Waals surface area contributed by atoms with Crippen molar-refractivity contribution in [3.05, 3.63) is 53.3 Å². The van der Waals surface area contributed by atoms with Gasteiger partial charge in [0.1, 0.15) is 11.6 Å². The van der Waals surface area contributed by atoms with Crippen LogP contribution in [0, 0.1) is 5.82 Å². The molecule has 1 amide bonds. The van der Waals surface area contributed by atoms with Gasteiger partial charge in [-0.1, -0.05) is 0 Å². The smallest absolute Gasteiger partial charge is 0.262 e. The molecule has 0 fully saturated rings. The molecule has 1 aliphatic rings. The Morgan fingerprint density at radius 3 is 2.86 bits per heavy atom. The van der Waals surface area contributed by atoms with Gasteiger partial charge in [0, 0.05) is 16.8 Å². The molecule has 3 rings (SSSR count). The van der Waals surface area contributed by atoms with Gasteiger partial charge in [0.05, 0.1) is 5.69 Å². The number of carbonyl (C=O) groups is 2. The van der Waals surface area contributed by atoms with Gasteiger partial charge >= 0.3 is 0 Å². The second-order valence-corrected chi connectivity index (χ2v) is 4.61. The van der Waals surface area contributed by atoms with Gasteiger partial charge in [-0.2, -0.15) is 0 Å². The van der Waals surface area contributed by atoms with Crippen molar-refractivity contribution in [1.29, 1.82) is 0 Å². The average Bonchev–Trinajstić information content (AvgIpc) is 2.48. The van der Waals surface area contributed by atoms with Crippen LogP contribution in [-0.2, 0) is 4.79 Å². The number of ether oxygens (including phenoxy) is 1. The van der Waals surface area contributed by atoms with Crippen LogP contribution >= 0.6 is 0 Å². The number of carbonyl (C=O) groups excluding carboxylic acids is 2. The van der Waals surface area contributed by atoms with Crippen molar-refractivity contribution < 1.29 is 18.7 Å². The normalized spacial score (nSPS) is 13.1. The van der Waals surface area contributed by atoms with Crippen LogP contribution in [-0.4, -0.2) is 18.3 Å². The number of amides is 1. The van der Waals surface area contributed by atoms with Crippen LogP contribution in [0.2, 0.25) is 0 Å². The van der Waals surface area contributed by atoms with Crippen molar-refractivity contribution in [2.24, 2.45) is 0 Å². The predicted molar refractivity (Wildman–Crippen MR) is 74.8 cm³/mol. The highest BCUT2D eigenvalue weighted by Gasteiger charge is 2.19. The molecule has 106 valence electrons. The first-order valence-electron chi connectivity index (χ1n) is 6.21. The summed E-state index contributed by atoms with van der Waals surface area (Å²) in [6, 6.07) is 8.23. The summed E-state index contributed by atoms with van der Waals surface area (Å²) in [7, 11) is 0. The lowest BCUT2D eigenvalue weighted by atomic mass is 10.0. The molecule has 0 saturated heterocycles. The monoisotopic (exact) mass is 286 g/mol. The lowest BCUT2D eigenvalue weighted by Crippen LogP contribution is -2.25. The highest BCUT2D eigenvalue weighted by atomic mass is 19.1. The fourth-order valence-electron chi connectivity index (χ4n) is 2.11. The number of nitrogens with two attached hydrogens (primary N) is 1. The van der Waals surface area contributed by atoms with Crippen molar-refractivity contribution in [2.45, 2.75) is 0 Å². The standard InChI is InChI=1S/C15H11FN2O3/c16-9-2-3-11(17)10(6-9)15(20)8-1-4-13-12(5-8)18-14(19)7-21-13/h1-6H,7,17H2,(H,18,19). The molecule has 6 heteroatoms. The molecule has 2 aromatic carbocycles. The maximum atomic E-state index is 13.3. The van der Waals surface area contributed by atoms with E-state index in [1.807, 2.05) is 0 Å². The number of hydrogen-bond acceptors (Lipinski definition) is 4. The number of fused-ring (bicyclic) bond motifs is 1. The molecule has 1 aliphatic heterocycles. The molecule has 0 spiro atoms. The predicted octanol–water partition coefficient (Wildman–Crippen LogP) is 1.97. The second kappa shape index (κ2) is 4.90. The molecule has 0 bridgehead atoms. The Balaban J connectivity index is 2.00. The molecule has 0 atom stereocenters. The summed E-state index contributed by atoms with van der Waals surface area (Å²) in [4.78, 5) is 23.7. The van der Waals surface area contributed by atoms with Gasteiger partial charge in [-0.25, -0.2) is 4.39 Å². The van der Waals surface area contributed by atoms with Gasteiger partial charge < -0.3 is 15.8 Å². The van der Waals surface area contributed by atoms with Crippen molar-refractivity contribution in [3.8, 4) is 5.75 Å². The third-order valence-corrected chi connectivity index (χ3v) is 3.13. The second-order valence-electron chi connectivity index (χ2n) is 4.61. The van der Waals surface area contributed by atoms with E-state index in [2.05, 4.69) is 5.32 Å². The fraction of sp³-hybridized carbons (Fsp3) is 0.0667. The molecule has 0 aliphatic carbocycles. The first-order chi connectivity index (χ1) is 10.0. The quantitative estimate of drug-likeness (QED) is 0.653. The van der Waals surface area contributed by atoms with Crippen LogP contribution < -0.4 is 15.8 Å². The lowest BCUT2D eigenvalue weighted by molar-refractivity contribution is -0.118. The number of hydrogen-bond donors (Lipinski definition) is 2. The van der Waals surface area contributed by atoms with E-state index < -0.39 is 11.6 Å². The highest BCUT2D eigenvalue weighted by Crippen LogP contribution is 2.30. The molecule has 0 saturated carbocycles. The van der Waals surface area contributed by atoms with E-state index >= 15 is 0 Å². The number of halogens is 1. The summed E-state index contributed by atoms with van der Waals surface area (Å²) < 4.78 is 18.5. The van der Waals surface area contributed by atoms with E-state index in [9.17, 15) is 14.0 Å². The zero-order valence-corrected chi connectivity index (χ0v) is 10.9.